The molecule has 0 amide bonds. The Hall–Kier alpha value is -0.890. The Morgan fingerprint density at radius 2 is 2.19 bits per heavy atom. The lowest BCUT2D eigenvalue weighted by molar-refractivity contribution is 0.107. The predicted octanol–water partition coefficient (Wildman–Crippen LogP) is 0.985. The van der Waals surface area contributed by atoms with Gasteiger partial charge in [-0.2, -0.15) is 0 Å². The van der Waals surface area contributed by atoms with Gasteiger partial charge < -0.3 is 15.0 Å². The zero-order chi connectivity index (χ0) is 15.0. The number of nitrogens with two attached hydrogens (primary N) is 1. The van der Waals surface area contributed by atoms with E-state index in [0.717, 1.165) is 25.0 Å². The van der Waals surface area contributed by atoms with E-state index in [0.29, 0.717) is 30.6 Å². The summed E-state index contributed by atoms with van der Waals surface area (Å²) in [5.41, 5.74) is 6.60. The molecule has 3 N–H and O–H groups in total. The molecule has 0 bridgehead atoms. The highest BCUT2D eigenvalue weighted by Crippen LogP contribution is 2.37. The highest BCUT2D eigenvalue weighted by molar-refractivity contribution is 7.89. The molecule has 2 unspecified atom stereocenters. The maximum atomic E-state index is 12.4. The Bertz CT molecular complexity index is 607. The summed E-state index contributed by atoms with van der Waals surface area (Å²) < 4.78 is 35.0. The van der Waals surface area contributed by atoms with E-state index in [1.165, 1.54) is 0 Å². The molecule has 2 heterocycles. The van der Waals surface area contributed by atoms with E-state index in [2.05, 4.69) is 4.72 Å². The van der Waals surface area contributed by atoms with Gasteiger partial charge in [0, 0.05) is 43.5 Å². The molecule has 2 fully saturated rings. The van der Waals surface area contributed by atoms with Gasteiger partial charge in [-0.25, -0.2) is 13.1 Å². The number of aromatic nitrogens is 1. The average molecular weight is 313 g/mol. The molecule has 6 nitrogen and oxygen atoms in total. The van der Waals surface area contributed by atoms with Gasteiger partial charge in [-0.05, 0) is 32.3 Å². The quantitative estimate of drug-likeness (QED) is 0.820. The largest absolute Gasteiger partial charge is 0.378 e. The van der Waals surface area contributed by atoms with Crippen molar-refractivity contribution in [3.8, 4) is 0 Å². The van der Waals surface area contributed by atoms with Crippen LogP contribution in [0.5, 0.6) is 0 Å². The average Bonchev–Trinajstić information content (AvgIpc) is 3.06. The first-order valence-electron chi connectivity index (χ1n) is 7.53. The Labute approximate surface area is 125 Å². The van der Waals surface area contributed by atoms with Crippen molar-refractivity contribution in [1.29, 1.82) is 0 Å². The van der Waals surface area contributed by atoms with Crippen molar-refractivity contribution in [2.24, 2.45) is 11.7 Å². The van der Waals surface area contributed by atoms with Crippen LogP contribution in [-0.2, 0) is 21.3 Å². The van der Waals surface area contributed by atoms with Crippen LogP contribution in [0, 0.1) is 5.92 Å². The van der Waals surface area contributed by atoms with E-state index in [4.69, 9.17) is 10.5 Å². The molecule has 1 aromatic rings. The molecule has 1 aliphatic heterocycles. The van der Waals surface area contributed by atoms with Crippen LogP contribution in [0.15, 0.2) is 17.2 Å². The van der Waals surface area contributed by atoms with Crippen LogP contribution in [0.3, 0.4) is 0 Å². The third kappa shape index (κ3) is 3.15. The van der Waals surface area contributed by atoms with Gasteiger partial charge >= 0.3 is 0 Å². The number of sulfonamides is 1. The van der Waals surface area contributed by atoms with Crippen molar-refractivity contribution in [2.45, 2.75) is 49.8 Å². The summed E-state index contributed by atoms with van der Waals surface area (Å²) in [5, 5.41) is 0. The van der Waals surface area contributed by atoms with Crippen molar-refractivity contribution >= 4 is 10.0 Å². The van der Waals surface area contributed by atoms with Crippen LogP contribution in [0.2, 0.25) is 0 Å². The summed E-state index contributed by atoms with van der Waals surface area (Å²) in [7, 11) is -3.47. The number of nitrogens with zero attached hydrogens (tertiary/aromatic N) is 1. The summed E-state index contributed by atoms with van der Waals surface area (Å²) in [5.74, 6) is 0.249. The van der Waals surface area contributed by atoms with Gasteiger partial charge in [-0.3, -0.25) is 0 Å². The molecule has 1 saturated heterocycles. The van der Waals surface area contributed by atoms with Gasteiger partial charge in [0.15, 0.2) is 0 Å². The van der Waals surface area contributed by atoms with Crippen LogP contribution < -0.4 is 10.5 Å². The predicted molar refractivity (Wildman–Crippen MR) is 79.3 cm³/mol. The molecule has 1 saturated carbocycles. The minimum absolute atomic E-state index is 0.114. The van der Waals surface area contributed by atoms with Gasteiger partial charge in [0.25, 0.3) is 0 Å². The third-order valence-electron chi connectivity index (χ3n) is 4.44. The summed E-state index contributed by atoms with van der Waals surface area (Å²) >= 11 is 0. The molecule has 2 aliphatic rings. The van der Waals surface area contributed by atoms with Crippen molar-refractivity contribution in [2.75, 3.05) is 13.2 Å². The Morgan fingerprint density at radius 1 is 1.43 bits per heavy atom. The zero-order valence-corrected chi connectivity index (χ0v) is 13.1. The topological polar surface area (TPSA) is 86.3 Å². The Kier molecular flexibility index (Phi) is 4.09. The fourth-order valence-corrected chi connectivity index (χ4v) is 3.99. The number of hydrogen-bond donors (Lipinski definition) is 2. The Morgan fingerprint density at radius 3 is 2.76 bits per heavy atom. The summed E-state index contributed by atoms with van der Waals surface area (Å²) in [6, 6.07) is 2.12. The molecular formula is C14H23N3O3S. The number of nitrogens with one attached hydrogen (secondary N) is 1. The van der Waals surface area contributed by atoms with E-state index in [1.54, 1.807) is 12.3 Å². The van der Waals surface area contributed by atoms with Gasteiger partial charge in [0.05, 0.1) is 11.0 Å². The van der Waals surface area contributed by atoms with Gasteiger partial charge in [0.2, 0.25) is 10.0 Å². The molecule has 1 aromatic heterocycles. The van der Waals surface area contributed by atoms with Crippen LogP contribution in [0.25, 0.3) is 0 Å². The van der Waals surface area contributed by atoms with E-state index in [-0.39, 0.29) is 12.0 Å². The monoisotopic (exact) mass is 313 g/mol. The minimum Gasteiger partial charge on any atom is -0.378 e. The number of ether oxygens (including phenoxy) is 1. The van der Waals surface area contributed by atoms with Crippen molar-refractivity contribution in [3.05, 3.63) is 18.0 Å². The van der Waals surface area contributed by atoms with E-state index in [9.17, 15) is 8.42 Å². The minimum atomic E-state index is -3.47. The van der Waals surface area contributed by atoms with Gasteiger partial charge in [-0.15, -0.1) is 0 Å². The molecule has 118 valence electrons. The third-order valence-corrected chi connectivity index (χ3v) is 5.83. The number of rotatable bonds is 6. The highest BCUT2D eigenvalue weighted by Gasteiger charge is 2.29. The van der Waals surface area contributed by atoms with Crippen LogP contribution in [0.1, 0.15) is 37.9 Å². The van der Waals surface area contributed by atoms with Gasteiger partial charge in [0.1, 0.15) is 0 Å². The SMILES string of the molecule is CC1OCCC1CNS(=O)(=O)c1cc(CN)n(C2CC2)c1. The second-order valence-corrected chi connectivity index (χ2v) is 7.75. The van der Waals surface area contributed by atoms with Crippen molar-refractivity contribution in [3.63, 3.8) is 0 Å². The summed E-state index contributed by atoms with van der Waals surface area (Å²) in [6.45, 7) is 3.49. The second kappa shape index (κ2) is 5.72. The van der Waals surface area contributed by atoms with E-state index in [1.807, 2.05) is 11.5 Å². The normalized spacial score (nSPS) is 26.4. The summed E-state index contributed by atoms with van der Waals surface area (Å²) in [6.07, 6.45) is 4.94. The van der Waals surface area contributed by atoms with E-state index >= 15 is 0 Å². The molecule has 0 radical (unpaired) electrons. The maximum absolute atomic E-state index is 12.4. The first kappa shape index (κ1) is 15.0. The van der Waals surface area contributed by atoms with Crippen LogP contribution in [0.4, 0.5) is 0 Å². The van der Waals surface area contributed by atoms with E-state index < -0.39 is 10.0 Å². The summed E-state index contributed by atoms with van der Waals surface area (Å²) in [4.78, 5) is 0.321. The highest BCUT2D eigenvalue weighted by atomic mass is 32.2. The second-order valence-electron chi connectivity index (χ2n) is 5.99. The molecule has 21 heavy (non-hydrogen) atoms. The first-order valence-corrected chi connectivity index (χ1v) is 9.01. The lowest BCUT2D eigenvalue weighted by atomic mass is 10.0. The molecular weight excluding hydrogens is 290 g/mol. The fourth-order valence-electron chi connectivity index (χ4n) is 2.84. The fraction of sp³-hybridized carbons (Fsp3) is 0.714. The van der Waals surface area contributed by atoms with Gasteiger partial charge in [-0.1, -0.05) is 0 Å². The smallest absolute Gasteiger partial charge is 0.242 e. The lowest BCUT2D eigenvalue weighted by Crippen LogP contribution is -2.31. The Balaban J connectivity index is 1.72. The molecule has 3 rings (SSSR count). The maximum Gasteiger partial charge on any atom is 0.242 e. The number of hydrogen-bond acceptors (Lipinski definition) is 4. The molecule has 7 heteroatoms. The van der Waals surface area contributed by atoms with Crippen LogP contribution >= 0.6 is 0 Å². The van der Waals surface area contributed by atoms with Crippen molar-refractivity contribution in [1.82, 2.24) is 9.29 Å². The molecule has 1 aliphatic carbocycles. The first-order chi connectivity index (χ1) is 10.0. The van der Waals surface area contributed by atoms with Crippen molar-refractivity contribution < 1.29 is 13.2 Å². The molecule has 0 aromatic carbocycles. The molecule has 2 atom stereocenters. The standard InChI is InChI=1S/C14H23N3O3S/c1-10-11(4-5-20-10)8-16-21(18,19)14-6-13(7-15)17(9-14)12-2-3-12/h6,9-12,16H,2-5,7-8,15H2,1H3. The van der Waals surface area contributed by atoms with Crippen LogP contribution in [-0.4, -0.2) is 32.2 Å². The lowest BCUT2D eigenvalue weighted by Gasteiger charge is -2.14. The zero-order valence-electron chi connectivity index (χ0n) is 12.3. The molecule has 0 spiro atoms.